The van der Waals surface area contributed by atoms with Crippen LogP contribution in [0.1, 0.15) is 24.2 Å². The molecule has 0 radical (unpaired) electrons. The molecule has 0 aliphatic rings. The molecule has 0 bridgehead atoms. The summed E-state index contributed by atoms with van der Waals surface area (Å²) in [7, 11) is 1.81. The van der Waals surface area contributed by atoms with E-state index in [1.54, 1.807) is 30.1 Å². The maximum Gasteiger partial charge on any atom is 0.253 e. The van der Waals surface area contributed by atoms with Gasteiger partial charge in [-0.05, 0) is 77.7 Å². The summed E-state index contributed by atoms with van der Waals surface area (Å²) < 4.78 is 19.1. The first kappa shape index (κ1) is 20.7. The van der Waals surface area contributed by atoms with E-state index in [1.165, 1.54) is 12.1 Å². The highest BCUT2D eigenvalue weighted by atomic mass is 19.1. The number of nitrogens with two attached hydrogens (primary N) is 1. The van der Waals surface area contributed by atoms with Crippen molar-refractivity contribution in [1.29, 1.82) is 0 Å². The Morgan fingerprint density at radius 2 is 1.68 bits per heavy atom. The number of carbonyl (C=O) groups is 1. The van der Waals surface area contributed by atoms with Crippen LogP contribution in [0, 0.1) is 11.7 Å². The minimum Gasteiger partial charge on any atom is -0.456 e. The second kappa shape index (κ2) is 8.26. The molecule has 4 rings (SSSR count). The maximum absolute atomic E-state index is 13.2. The fraction of sp³-hybridized carbons (Fsp3) is 0.192. The Hall–Kier alpha value is -3.60. The van der Waals surface area contributed by atoms with Crippen LogP contribution in [-0.4, -0.2) is 24.4 Å². The van der Waals surface area contributed by atoms with Gasteiger partial charge in [-0.1, -0.05) is 19.9 Å². The van der Waals surface area contributed by atoms with E-state index in [0.29, 0.717) is 29.5 Å². The molecule has 31 heavy (non-hydrogen) atoms. The van der Waals surface area contributed by atoms with Crippen LogP contribution in [0.3, 0.4) is 0 Å². The first-order valence-electron chi connectivity index (χ1n) is 10.3. The minimum atomic E-state index is -0.284. The van der Waals surface area contributed by atoms with E-state index < -0.39 is 0 Å². The number of halogens is 1. The van der Waals surface area contributed by atoms with Gasteiger partial charge in [0, 0.05) is 35.8 Å². The lowest BCUT2D eigenvalue weighted by Crippen LogP contribution is -2.30. The van der Waals surface area contributed by atoms with Crippen LogP contribution in [0.2, 0.25) is 0 Å². The Kier molecular flexibility index (Phi) is 5.51. The molecule has 0 aliphatic carbocycles. The molecule has 0 saturated carbocycles. The van der Waals surface area contributed by atoms with E-state index in [9.17, 15) is 9.18 Å². The van der Waals surface area contributed by atoms with Crippen LogP contribution in [0.15, 0.2) is 71.1 Å². The number of carbonyl (C=O) groups excluding carboxylic acids is 1. The molecular weight excluding hydrogens is 391 g/mol. The molecule has 1 aromatic heterocycles. The molecule has 0 fully saturated rings. The van der Waals surface area contributed by atoms with E-state index in [1.807, 2.05) is 36.4 Å². The van der Waals surface area contributed by atoms with Gasteiger partial charge < -0.3 is 15.1 Å². The van der Waals surface area contributed by atoms with Crippen molar-refractivity contribution in [3.05, 3.63) is 78.1 Å². The molecule has 5 heteroatoms. The number of hydrogen-bond acceptors (Lipinski definition) is 3. The normalized spacial score (nSPS) is 11.3. The van der Waals surface area contributed by atoms with E-state index in [4.69, 9.17) is 10.2 Å². The number of furan rings is 1. The van der Waals surface area contributed by atoms with Crippen LogP contribution in [0.25, 0.3) is 33.4 Å². The average Bonchev–Trinajstić information content (AvgIpc) is 3.16. The van der Waals surface area contributed by atoms with Gasteiger partial charge in [-0.3, -0.25) is 4.79 Å². The number of fused-ring (bicyclic) bond motifs is 1. The third kappa shape index (κ3) is 4.45. The third-order valence-corrected chi connectivity index (χ3v) is 5.17. The highest BCUT2D eigenvalue weighted by molar-refractivity contribution is 5.97. The van der Waals surface area contributed by atoms with Crippen molar-refractivity contribution in [3.63, 3.8) is 0 Å². The van der Waals surface area contributed by atoms with Gasteiger partial charge in [0.1, 0.15) is 17.2 Å². The van der Waals surface area contributed by atoms with E-state index in [-0.39, 0.29) is 11.7 Å². The standard InChI is InChI=1S/C26H25FN2O2/c1-16(2)15-29(3)26(30)21-11-19(12-23(28)13-21)18-6-9-24-20(10-18)14-25(31-24)17-4-7-22(27)8-5-17/h4-14,16H,15,28H2,1-3H3. The number of anilines is 1. The second-order valence-corrected chi connectivity index (χ2v) is 8.29. The van der Waals surface area contributed by atoms with Crippen molar-refractivity contribution in [2.75, 3.05) is 19.3 Å². The smallest absolute Gasteiger partial charge is 0.253 e. The van der Waals surface area contributed by atoms with Crippen LogP contribution in [0.5, 0.6) is 0 Å². The molecule has 0 aliphatic heterocycles. The number of nitrogens with zero attached hydrogens (tertiary/aromatic N) is 1. The summed E-state index contributed by atoms with van der Waals surface area (Å²) in [6.07, 6.45) is 0. The Morgan fingerprint density at radius 1 is 0.968 bits per heavy atom. The fourth-order valence-electron chi connectivity index (χ4n) is 3.77. The Labute approximate surface area is 181 Å². The highest BCUT2D eigenvalue weighted by Gasteiger charge is 2.15. The molecule has 1 heterocycles. The van der Waals surface area contributed by atoms with Crippen molar-refractivity contribution in [1.82, 2.24) is 4.90 Å². The molecule has 4 nitrogen and oxygen atoms in total. The number of benzene rings is 3. The first-order chi connectivity index (χ1) is 14.8. The van der Waals surface area contributed by atoms with Crippen molar-refractivity contribution in [2.45, 2.75) is 13.8 Å². The van der Waals surface area contributed by atoms with Gasteiger partial charge in [0.15, 0.2) is 0 Å². The predicted molar refractivity (Wildman–Crippen MR) is 123 cm³/mol. The number of amides is 1. The monoisotopic (exact) mass is 416 g/mol. The largest absolute Gasteiger partial charge is 0.456 e. The highest BCUT2D eigenvalue weighted by Crippen LogP contribution is 2.32. The summed E-state index contributed by atoms with van der Waals surface area (Å²) in [5, 5.41) is 0.920. The van der Waals surface area contributed by atoms with Gasteiger partial charge in [0.05, 0.1) is 0 Å². The fourth-order valence-corrected chi connectivity index (χ4v) is 3.77. The molecule has 1 amide bonds. The van der Waals surface area contributed by atoms with Crippen molar-refractivity contribution in [2.24, 2.45) is 5.92 Å². The molecule has 0 unspecified atom stereocenters. The topological polar surface area (TPSA) is 59.5 Å². The molecule has 158 valence electrons. The summed E-state index contributed by atoms with van der Waals surface area (Å²) in [4.78, 5) is 14.6. The van der Waals surface area contributed by atoms with Gasteiger partial charge in [-0.15, -0.1) is 0 Å². The van der Waals surface area contributed by atoms with Gasteiger partial charge >= 0.3 is 0 Å². The average molecular weight is 416 g/mol. The minimum absolute atomic E-state index is 0.0507. The van der Waals surface area contributed by atoms with Gasteiger partial charge in [0.2, 0.25) is 0 Å². The van der Waals surface area contributed by atoms with E-state index in [0.717, 1.165) is 27.7 Å². The van der Waals surface area contributed by atoms with Crippen LogP contribution < -0.4 is 5.73 Å². The quantitative estimate of drug-likeness (QED) is 0.393. The van der Waals surface area contributed by atoms with Crippen LogP contribution in [0.4, 0.5) is 10.1 Å². The second-order valence-electron chi connectivity index (χ2n) is 8.29. The zero-order chi connectivity index (χ0) is 22.1. The lowest BCUT2D eigenvalue weighted by atomic mass is 10.00. The summed E-state index contributed by atoms with van der Waals surface area (Å²) >= 11 is 0. The van der Waals surface area contributed by atoms with Crippen molar-refractivity contribution in [3.8, 4) is 22.5 Å². The summed E-state index contributed by atoms with van der Waals surface area (Å²) in [6.45, 7) is 4.83. The van der Waals surface area contributed by atoms with E-state index >= 15 is 0 Å². The molecule has 0 atom stereocenters. The Morgan fingerprint density at radius 3 is 2.39 bits per heavy atom. The number of nitrogen functional groups attached to an aromatic ring is 1. The molecule has 0 spiro atoms. The van der Waals surface area contributed by atoms with Gasteiger partial charge in [-0.2, -0.15) is 0 Å². The van der Waals surface area contributed by atoms with Crippen LogP contribution >= 0.6 is 0 Å². The van der Waals surface area contributed by atoms with Crippen molar-refractivity contribution >= 4 is 22.6 Å². The maximum atomic E-state index is 13.2. The molecule has 4 aromatic rings. The zero-order valence-corrected chi connectivity index (χ0v) is 17.9. The molecule has 0 saturated heterocycles. The summed E-state index contributed by atoms with van der Waals surface area (Å²) in [6, 6.07) is 19.4. The molecular formula is C26H25FN2O2. The number of hydrogen-bond donors (Lipinski definition) is 1. The SMILES string of the molecule is CC(C)CN(C)C(=O)c1cc(N)cc(-c2ccc3oc(-c4ccc(F)cc4)cc3c2)c1. The third-order valence-electron chi connectivity index (χ3n) is 5.17. The van der Waals surface area contributed by atoms with Crippen molar-refractivity contribution < 1.29 is 13.6 Å². The molecule has 3 aromatic carbocycles. The first-order valence-corrected chi connectivity index (χ1v) is 10.3. The Balaban J connectivity index is 1.69. The zero-order valence-electron chi connectivity index (χ0n) is 17.9. The number of rotatable bonds is 5. The van der Waals surface area contributed by atoms with Gasteiger partial charge in [0.25, 0.3) is 5.91 Å². The van der Waals surface area contributed by atoms with Gasteiger partial charge in [-0.25, -0.2) is 4.39 Å². The summed E-state index contributed by atoms with van der Waals surface area (Å²) in [5.74, 6) is 0.720. The lowest BCUT2D eigenvalue weighted by Gasteiger charge is -2.20. The van der Waals surface area contributed by atoms with E-state index in [2.05, 4.69) is 13.8 Å². The molecule has 2 N–H and O–H groups in total. The predicted octanol–water partition coefficient (Wildman–Crippen LogP) is 6.22. The Bertz CT molecular complexity index is 1240. The van der Waals surface area contributed by atoms with Crippen LogP contribution in [-0.2, 0) is 0 Å². The summed E-state index contributed by atoms with van der Waals surface area (Å²) in [5.41, 5.74) is 10.6. The lowest BCUT2D eigenvalue weighted by molar-refractivity contribution is 0.0779.